The highest BCUT2D eigenvalue weighted by Gasteiger charge is 2.26. The van der Waals surface area contributed by atoms with Crippen LogP contribution in [0.5, 0.6) is 5.75 Å². The molecule has 154 valence electrons. The Morgan fingerprint density at radius 2 is 1.93 bits per heavy atom. The first-order valence-corrected chi connectivity index (χ1v) is 10.4. The van der Waals surface area contributed by atoms with Gasteiger partial charge >= 0.3 is 0 Å². The van der Waals surface area contributed by atoms with Crippen LogP contribution in [0.15, 0.2) is 42.5 Å². The molecule has 1 aromatic heterocycles. The number of hydrogen-bond donors (Lipinski definition) is 0. The van der Waals surface area contributed by atoms with Crippen molar-refractivity contribution in [2.75, 3.05) is 53.0 Å². The van der Waals surface area contributed by atoms with Gasteiger partial charge in [0, 0.05) is 36.8 Å². The van der Waals surface area contributed by atoms with Gasteiger partial charge in [-0.05, 0) is 55.8 Å². The predicted molar refractivity (Wildman–Crippen MR) is 112 cm³/mol. The molecule has 0 aliphatic carbocycles. The highest BCUT2D eigenvalue weighted by atomic mass is 16.5. The van der Waals surface area contributed by atoms with E-state index in [0.29, 0.717) is 38.8 Å². The Morgan fingerprint density at radius 3 is 2.69 bits per heavy atom. The quantitative estimate of drug-likeness (QED) is 0.779. The minimum absolute atomic E-state index is 0.217. The van der Waals surface area contributed by atoms with E-state index >= 15 is 0 Å². The number of carbonyl (C=O) groups is 1. The fraction of sp³-hybridized carbons (Fsp3) is 0.478. The molecular weight excluding hydrogens is 366 g/mol. The monoisotopic (exact) mass is 395 g/mol. The fourth-order valence-electron chi connectivity index (χ4n) is 4.15. The van der Waals surface area contributed by atoms with Gasteiger partial charge in [0.15, 0.2) is 0 Å². The topological polar surface area (TPSA) is 54.9 Å². The molecule has 2 aliphatic rings. The number of carbonyl (C=O) groups excluding carboxylic acids is 1. The van der Waals surface area contributed by atoms with Crippen molar-refractivity contribution in [3.8, 4) is 17.0 Å². The van der Waals surface area contributed by atoms with Crippen molar-refractivity contribution in [1.82, 2.24) is 14.8 Å². The number of amides is 1. The van der Waals surface area contributed by atoms with Crippen LogP contribution in [0.1, 0.15) is 24.5 Å². The van der Waals surface area contributed by atoms with E-state index in [0.717, 1.165) is 48.6 Å². The lowest BCUT2D eigenvalue weighted by molar-refractivity contribution is -0.136. The number of methoxy groups -OCH3 is 1. The average molecular weight is 396 g/mol. The number of rotatable bonds is 5. The first-order valence-electron chi connectivity index (χ1n) is 10.4. The molecule has 4 rings (SSSR count). The number of pyridine rings is 1. The number of benzene rings is 1. The Morgan fingerprint density at radius 1 is 1.14 bits per heavy atom. The summed E-state index contributed by atoms with van der Waals surface area (Å²) in [6.45, 7) is 5.07. The van der Waals surface area contributed by atoms with Crippen molar-refractivity contribution in [1.29, 1.82) is 0 Å². The molecule has 1 amide bonds. The van der Waals surface area contributed by atoms with Crippen LogP contribution >= 0.6 is 0 Å². The summed E-state index contributed by atoms with van der Waals surface area (Å²) in [5.41, 5.74) is 3.18. The number of likely N-dealkylation sites (tertiary alicyclic amines) is 1. The Balaban J connectivity index is 1.41. The lowest BCUT2D eigenvalue weighted by atomic mass is 9.93. The Hall–Kier alpha value is -2.44. The zero-order valence-corrected chi connectivity index (χ0v) is 17.0. The van der Waals surface area contributed by atoms with Gasteiger partial charge in [0.05, 0.1) is 32.6 Å². The van der Waals surface area contributed by atoms with Crippen LogP contribution < -0.4 is 4.74 Å². The SMILES string of the molecule is COc1ccc(-c2cccc(C3CCCN(CC(=O)N4CCOCC4)C3)n2)cc1. The highest BCUT2D eigenvalue weighted by Crippen LogP contribution is 2.28. The van der Waals surface area contributed by atoms with Crippen molar-refractivity contribution in [2.24, 2.45) is 0 Å². The van der Waals surface area contributed by atoms with E-state index in [1.807, 2.05) is 35.2 Å². The van der Waals surface area contributed by atoms with E-state index in [-0.39, 0.29) is 5.91 Å². The molecule has 3 heterocycles. The normalized spacial score (nSPS) is 20.4. The second-order valence-electron chi connectivity index (χ2n) is 7.74. The van der Waals surface area contributed by atoms with Crippen molar-refractivity contribution >= 4 is 5.91 Å². The molecule has 6 nitrogen and oxygen atoms in total. The largest absolute Gasteiger partial charge is 0.497 e. The second-order valence-corrected chi connectivity index (χ2v) is 7.74. The predicted octanol–water partition coefficient (Wildman–Crippen LogP) is 2.80. The molecule has 0 spiro atoms. The average Bonchev–Trinajstić information content (AvgIpc) is 2.80. The maximum Gasteiger partial charge on any atom is 0.236 e. The molecule has 2 fully saturated rings. The van der Waals surface area contributed by atoms with E-state index in [9.17, 15) is 4.79 Å². The van der Waals surface area contributed by atoms with E-state index in [1.165, 1.54) is 0 Å². The molecule has 0 saturated carbocycles. The number of hydrogen-bond acceptors (Lipinski definition) is 5. The second kappa shape index (κ2) is 9.37. The first-order chi connectivity index (χ1) is 14.2. The first kappa shape index (κ1) is 19.9. The molecule has 1 aromatic carbocycles. The van der Waals surface area contributed by atoms with Gasteiger partial charge in [0.2, 0.25) is 5.91 Å². The summed E-state index contributed by atoms with van der Waals surface area (Å²) >= 11 is 0. The number of piperidine rings is 1. The van der Waals surface area contributed by atoms with Gasteiger partial charge in [-0.15, -0.1) is 0 Å². The van der Waals surface area contributed by atoms with Gasteiger partial charge in [-0.3, -0.25) is 14.7 Å². The summed E-state index contributed by atoms with van der Waals surface area (Å²) in [6, 6.07) is 14.3. The van der Waals surface area contributed by atoms with Gasteiger partial charge in [0.1, 0.15) is 5.75 Å². The van der Waals surface area contributed by atoms with Crippen molar-refractivity contribution in [2.45, 2.75) is 18.8 Å². The third kappa shape index (κ3) is 4.95. The summed E-state index contributed by atoms with van der Waals surface area (Å²) in [7, 11) is 1.67. The van der Waals surface area contributed by atoms with Crippen molar-refractivity contribution in [3.63, 3.8) is 0 Å². The van der Waals surface area contributed by atoms with E-state index in [2.05, 4.69) is 17.0 Å². The molecule has 1 atom stereocenters. The van der Waals surface area contributed by atoms with Crippen LogP contribution in [0.4, 0.5) is 0 Å². The number of morpholine rings is 1. The third-order valence-corrected chi connectivity index (χ3v) is 5.80. The number of aromatic nitrogens is 1. The molecule has 2 aromatic rings. The molecule has 1 unspecified atom stereocenters. The molecule has 0 radical (unpaired) electrons. The summed E-state index contributed by atoms with van der Waals surface area (Å²) in [5, 5.41) is 0. The van der Waals surface area contributed by atoms with Gasteiger partial charge in [0.25, 0.3) is 0 Å². The zero-order valence-electron chi connectivity index (χ0n) is 17.0. The molecular formula is C23H29N3O3. The highest BCUT2D eigenvalue weighted by molar-refractivity contribution is 5.78. The van der Waals surface area contributed by atoms with Crippen molar-refractivity contribution in [3.05, 3.63) is 48.2 Å². The van der Waals surface area contributed by atoms with E-state index in [4.69, 9.17) is 14.5 Å². The lowest BCUT2D eigenvalue weighted by Gasteiger charge is -2.34. The molecule has 29 heavy (non-hydrogen) atoms. The van der Waals surface area contributed by atoms with Gasteiger partial charge in [-0.1, -0.05) is 6.07 Å². The van der Waals surface area contributed by atoms with Crippen LogP contribution in [0.3, 0.4) is 0 Å². The molecule has 2 saturated heterocycles. The van der Waals surface area contributed by atoms with Crippen LogP contribution in [0.25, 0.3) is 11.3 Å². The van der Waals surface area contributed by atoms with Gasteiger partial charge in [-0.25, -0.2) is 0 Å². The zero-order chi connectivity index (χ0) is 20.1. The van der Waals surface area contributed by atoms with E-state index < -0.39 is 0 Å². The Bertz CT molecular complexity index is 818. The maximum absolute atomic E-state index is 12.6. The maximum atomic E-state index is 12.6. The third-order valence-electron chi connectivity index (χ3n) is 5.80. The van der Waals surface area contributed by atoms with Crippen LogP contribution in [-0.2, 0) is 9.53 Å². The lowest BCUT2D eigenvalue weighted by Crippen LogP contribution is -2.47. The summed E-state index contributed by atoms with van der Waals surface area (Å²) in [6.07, 6.45) is 2.21. The minimum Gasteiger partial charge on any atom is -0.497 e. The Kier molecular flexibility index (Phi) is 6.42. The molecule has 0 bridgehead atoms. The summed E-state index contributed by atoms with van der Waals surface area (Å²) in [4.78, 5) is 21.8. The minimum atomic E-state index is 0.217. The summed E-state index contributed by atoms with van der Waals surface area (Å²) < 4.78 is 10.6. The molecule has 6 heteroatoms. The smallest absolute Gasteiger partial charge is 0.236 e. The van der Waals surface area contributed by atoms with E-state index in [1.54, 1.807) is 7.11 Å². The van der Waals surface area contributed by atoms with Crippen molar-refractivity contribution < 1.29 is 14.3 Å². The van der Waals surface area contributed by atoms with Crippen LogP contribution in [0.2, 0.25) is 0 Å². The standard InChI is InChI=1S/C23H29N3O3/c1-28-20-9-7-18(8-10-20)21-5-2-6-22(24-21)19-4-3-11-25(16-19)17-23(27)26-12-14-29-15-13-26/h2,5-10,19H,3-4,11-17H2,1H3. The Labute approximate surface area is 172 Å². The van der Waals surface area contributed by atoms with Gasteiger partial charge < -0.3 is 14.4 Å². The van der Waals surface area contributed by atoms with Crippen LogP contribution in [0, 0.1) is 0 Å². The number of nitrogens with zero attached hydrogens (tertiary/aromatic N) is 3. The number of ether oxygens (including phenoxy) is 2. The van der Waals surface area contributed by atoms with Gasteiger partial charge in [-0.2, -0.15) is 0 Å². The van der Waals surface area contributed by atoms with Crippen LogP contribution in [-0.4, -0.2) is 73.7 Å². The fourth-order valence-corrected chi connectivity index (χ4v) is 4.15. The summed E-state index contributed by atoms with van der Waals surface area (Å²) in [5.74, 6) is 1.42. The molecule has 0 N–H and O–H groups in total. The molecule has 2 aliphatic heterocycles.